The van der Waals surface area contributed by atoms with Crippen molar-refractivity contribution in [3.05, 3.63) is 71.8 Å². The van der Waals surface area contributed by atoms with Gasteiger partial charge in [0.25, 0.3) is 0 Å². The Morgan fingerprint density at radius 3 is 1.38 bits per heavy atom. The summed E-state index contributed by atoms with van der Waals surface area (Å²) >= 11 is 0. The van der Waals surface area contributed by atoms with Gasteiger partial charge in [-0.25, -0.2) is 0 Å². The van der Waals surface area contributed by atoms with Crippen molar-refractivity contribution in [3.8, 4) is 0 Å². The Morgan fingerprint density at radius 1 is 0.654 bits per heavy atom. The van der Waals surface area contributed by atoms with Gasteiger partial charge in [-0.15, -0.1) is 0 Å². The minimum atomic E-state index is 0.202. The van der Waals surface area contributed by atoms with Gasteiger partial charge in [0.15, 0.2) is 0 Å². The summed E-state index contributed by atoms with van der Waals surface area (Å²) in [7, 11) is 0. The van der Waals surface area contributed by atoms with Crippen molar-refractivity contribution in [2.45, 2.75) is 63.9 Å². The fourth-order valence-corrected chi connectivity index (χ4v) is 4.78. The number of benzene rings is 2. The molecule has 2 aliphatic heterocycles. The molecular formula is C24H30O2. The van der Waals surface area contributed by atoms with Crippen LogP contribution in [-0.2, 0) is 9.47 Å². The molecule has 0 aliphatic carbocycles. The third-order valence-corrected chi connectivity index (χ3v) is 6.32. The molecule has 0 radical (unpaired) electrons. The summed E-state index contributed by atoms with van der Waals surface area (Å²) in [4.78, 5) is 0. The number of fused-ring (bicyclic) bond motifs is 1. The zero-order valence-electron chi connectivity index (χ0n) is 15.9. The van der Waals surface area contributed by atoms with E-state index in [-0.39, 0.29) is 24.4 Å². The average Bonchev–Trinajstić information content (AvgIpc) is 2.73. The first-order chi connectivity index (χ1) is 12.8. The van der Waals surface area contributed by atoms with Crippen LogP contribution in [0, 0.1) is 11.8 Å². The van der Waals surface area contributed by atoms with Gasteiger partial charge in [0, 0.05) is 0 Å². The third-order valence-electron chi connectivity index (χ3n) is 6.32. The molecule has 6 unspecified atom stereocenters. The Bertz CT molecular complexity index is 622. The molecule has 2 fully saturated rings. The second-order valence-corrected chi connectivity index (χ2v) is 7.81. The normalized spacial score (nSPS) is 34.2. The standard InChI is InChI=1S/C24H30O2/c1-3-17-15-21(19-11-7-5-8-12-19)26-24-18(4-2)16-22(25-23(17)24)20-13-9-6-10-14-20/h5-14,17-18,21-24H,3-4,15-16H2,1-2H3. The van der Waals surface area contributed by atoms with Crippen LogP contribution >= 0.6 is 0 Å². The lowest BCUT2D eigenvalue weighted by atomic mass is 9.75. The van der Waals surface area contributed by atoms with Crippen molar-refractivity contribution >= 4 is 0 Å². The maximum Gasteiger partial charge on any atom is 0.0877 e. The van der Waals surface area contributed by atoms with Crippen LogP contribution in [-0.4, -0.2) is 12.2 Å². The van der Waals surface area contributed by atoms with E-state index in [0.717, 1.165) is 25.7 Å². The predicted octanol–water partition coefficient (Wildman–Crippen LogP) is 6.10. The summed E-state index contributed by atoms with van der Waals surface area (Å²) in [5.74, 6) is 1.11. The highest BCUT2D eigenvalue weighted by Crippen LogP contribution is 2.47. The van der Waals surface area contributed by atoms with Crippen LogP contribution < -0.4 is 0 Å². The number of hydrogen-bond donors (Lipinski definition) is 0. The molecule has 4 rings (SSSR count). The minimum Gasteiger partial charge on any atom is -0.367 e. The van der Waals surface area contributed by atoms with Crippen molar-refractivity contribution in [1.29, 1.82) is 0 Å². The fourth-order valence-electron chi connectivity index (χ4n) is 4.78. The maximum absolute atomic E-state index is 6.67. The van der Waals surface area contributed by atoms with Crippen LogP contribution in [0.1, 0.15) is 62.9 Å². The van der Waals surface area contributed by atoms with Gasteiger partial charge in [-0.05, 0) is 35.8 Å². The van der Waals surface area contributed by atoms with Gasteiger partial charge in [0.2, 0.25) is 0 Å². The SMILES string of the molecule is CCC1CC(c2ccccc2)OC2C(CC)CC(c3ccccc3)OC12. The molecule has 0 amide bonds. The highest BCUT2D eigenvalue weighted by Gasteiger charge is 2.47. The molecule has 2 aromatic rings. The van der Waals surface area contributed by atoms with E-state index in [1.165, 1.54) is 11.1 Å². The van der Waals surface area contributed by atoms with Gasteiger partial charge in [0.05, 0.1) is 24.4 Å². The van der Waals surface area contributed by atoms with E-state index in [1.807, 2.05) is 0 Å². The number of rotatable bonds is 4. The summed E-state index contributed by atoms with van der Waals surface area (Å²) in [6, 6.07) is 21.4. The van der Waals surface area contributed by atoms with Crippen LogP contribution in [0.4, 0.5) is 0 Å². The topological polar surface area (TPSA) is 18.5 Å². The highest BCUT2D eigenvalue weighted by molar-refractivity contribution is 5.21. The molecule has 0 N–H and O–H groups in total. The van der Waals surface area contributed by atoms with E-state index < -0.39 is 0 Å². The largest absolute Gasteiger partial charge is 0.367 e. The van der Waals surface area contributed by atoms with E-state index in [1.54, 1.807) is 0 Å². The molecule has 2 heteroatoms. The summed E-state index contributed by atoms with van der Waals surface area (Å²) in [5, 5.41) is 0. The van der Waals surface area contributed by atoms with E-state index in [2.05, 4.69) is 74.5 Å². The molecule has 2 nitrogen and oxygen atoms in total. The monoisotopic (exact) mass is 350 g/mol. The number of ether oxygens (including phenoxy) is 2. The van der Waals surface area contributed by atoms with Gasteiger partial charge in [-0.2, -0.15) is 0 Å². The summed E-state index contributed by atoms with van der Waals surface area (Å²) < 4.78 is 13.3. The van der Waals surface area contributed by atoms with E-state index in [4.69, 9.17) is 9.47 Å². The molecule has 2 aliphatic rings. The van der Waals surface area contributed by atoms with Crippen molar-refractivity contribution in [3.63, 3.8) is 0 Å². The Hall–Kier alpha value is -1.64. The molecule has 0 saturated carbocycles. The molecule has 0 aromatic heterocycles. The van der Waals surface area contributed by atoms with Gasteiger partial charge < -0.3 is 9.47 Å². The molecule has 0 bridgehead atoms. The molecule has 0 spiro atoms. The summed E-state index contributed by atoms with van der Waals surface area (Å²) in [6.07, 6.45) is 5.23. The quantitative estimate of drug-likeness (QED) is 0.663. The third kappa shape index (κ3) is 3.45. The van der Waals surface area contributed by atoms with Crippen molar-refractivity contribution in [2.24, 2.45) is 11.8 Å². The maximum atomic E-state index is 6.67. The molecule has 138 valence electrons. The number of hydrogen-bond acceptors (Lipinski definition) is 2. The second kappa shape index (κ2) is 7.94. The Labute approximate surface area is 157 Å². The Morgan fingerprint density at radius 2 is 1.04 bits per heavy atom. The van der Waals surface area contributed by atoms with Crippen molar-refractivity contribution in [1.82, 2.24) is 0 Å². The van der Waals surface area contributed by atoms with Crippen LogP contribution in [0.5, 0.6) is 0 Å². The minimum absolute atomic E-state index is 0.202. The van der Waals surface area contributed by atoms with Crippen molar-refractivity contribution < 1.29 is 9.47 Å². The summed E-state index contributed by atoms with van der Waals surface area (Å²) in [6.45, 7) is 4.59. The molecule has 2 aromatic carbocycles. The van der Waals surface area contributed by atoms with Crippen LogP contribution in [0.2, 0.25) is 0 Å². The summed E-state index contributed by atoms with van der Waals surface area (Å²) in [5.41, 5.74) is 2.62. The van der Waals surface area contributed by atoms with Crippen LogP contribution in [0.3, 0.4) is 0 Å². The second-order valence-electron chi connectivity index (χ2n) is 7.81. The van der Waals surface area contributed by atoms with Gasteiger partial charge >= 0.3 is 0 Å². The van der Waals surface area contributed by atoms with E-state index in [9.17, 15) is 0 Å². The average molecular weight is 351 g/mol. The molecule has 26 heavy (non-hydrogen) atoms. The molecular weight excluding hydrogens is 320 g/mol. The van der Waals surface area contributed by atoms with E-state index >= 15 is 0 Å². The molecule has 2 heterocycles. The first-order valence-electron chi connectivity index (χ1n) is 10.2. The Kier molecular flexibility index (Phi) is 5.42. The smallest absolute Gasteiger partial charge is 0.0877 e. The lowest BCUT2D eigenvalue weighted by molar-refractivity contribution is -0.235. The first kappa shape index (κ1) is 17.8. The lowest BCUT2D eigenvalue weighted by Gasteiger charge is -2.50. The zero-order valence-corrected chi connectivity index (χ0v) is 15.9. The molecule has 6 atom stereocenters. The first-order valence-corrected chi connectivity index (χ1v) is 10.2. The molecule has 2 saturated heterocycles. The lowest BCUT2D eigenvalue weighted by Crippen LogP contribution is -2.51. The van der Waals surface area contributed by atoms with Gasteiger partial charge in [0.1, 0.15) is 0 Å². The fraction of sp³-hybridized carbons (Fsp3) is 0.500. The van der Waals surface area contributed by atoms with Crippen molar-refractivity contribution in [2.75, 3.05) is 0 Å². The Balaban J connectivity index is 1.59. The zero-order chi connectivity index (χ0) is 17.9. The van der Waals surface area contributed by atoms with Crippen LogP contribution in [0.25, 0.3) is 0 Å². The predicted molar refractivity (Wildman–Crippen MR) is 105 cm³/mol. The highest BCUT2D eigenvalue weighted by atomic mass is 16.6. The van der Waals surface area contributed by atoms with E-state index in [0.29, 0.717) is 11.8 Å². The van der Waals surface area contributed by atoms with Crippen LogP contribution in [0.15, 0.2) is 60.7 Å². The van der Waals surface area contributed by atoms with Gasteiger partial charge in [-0.1, -0.05) is 87.4 Å². The van der Waals surface area contributed by atoms with Gasteiger partial charge in [-0.3, -0.25) is 0 Å².